The number of nitrogens with zero attached hydrogens (tertiary/aromatic N) is 2. The second-order valence-corrected chi connectivity index (χ2v) is 10.0. The van der Waals surface area contributed by atoms with Gasteiger partial charge in [0, 0.05) is 24.5 Å². The second kappa shape index (κ2) is 10.3. The molecule has 0 amide bonds. The van der Waals surface area contributed by atoms with Crippen molar-refractivity contribution in [3.8, 4) is 22.6 Å². The second-order valence-electron chi connectivity index (χ2n) is 8.19. The third kappa shape index (κ3) is 6.06. The molecule has 9 heteroatoms. The number of ether oxygens (including phenoxy) is 2. The summed E-state index contributed by atoms with van der Waals surface area (Å²) in [4.78, 5) is 9.14. The van der Waals surface area contributed by atoms with Crippen LogP contribution in [-0.4, -0.2) is 38.9 Å². The van der Waals surface area contributed by atoms with Gasteiger partial charge in [0.1, 0.15) is 11.6 Å². The number of hydrogen-bond donors (Lipinski definition) is 2. The quantitative estimate of drug-likeness (QED) is 0.359. The van der Waals surface area contributed by atoms with Crippen LogP contribution >= 0.6 is 0 Å². The number of sulfonamides is 1. The molecule has 0 aliphatic rings. The summed E-state index contributed by atoms with van der Waals surface area (Å²) in [6.45, 7) is 2.70. The van der Waals surface area contributed by atoms with E-state index in [1.807, 2.05) is 49.4 Å². The summed E-state index contributed by atoms with van der Waals surface area (Å²) in [6.07, 6.45) is 1.15. The Balaban J connectivity index is 1.54. The molecule has 0 atom stereocenters. The summed E-state index contributed by atoms with van der Waals surface area (Å²) in [5.41, 5.74) is 4.89. The molecule has 4 aromatic rings. The van der Waals surface area contributed by atoms with Crippen molar-refractivity contribution in [2.45, 2.75) is 20.0 Å². The topological polar surface area (TPSA) is 102 Å². The van der Waals surface area contributed by atoms with Crippen molar-refractivity contribution in [2.24, 2.45) is 0 Å². The molecule has 0 saturated carbocycles. The molecule has 0 spiro atoms. The van der Waals surface area contributed by atoms with Crippen molar-refractivity contribution in [3.63, 3.8) is 0 Å². The van der Waals surface area contributed by atoms with Crippen LogP contribution in [0.25, 0.3) is 22.0 Å². The maximum Gasteiger partial charge on any atom is 0.209 e. The van der Waals surface area contributed by atoms with Crippen LogP contribution in [0.2, 0.25) is 0 Å². The Bertz CT molecular complexity index is 1450. The maximum atomic E-state index is 11.3. The van der Waals surface area contributed by atoms with Crippen molar-refractivity contribution >= 4 is 26.7 Å². The van der Waals surface area contributed by atoms with Gasteiger partial charge in [0.15, 0.2) is 11.5 Å². The molecular formula is C26H28N4O4S. The van der Waals surface area contributed by atoms with E-state index in [2.05, 4.69) is 38.2 Å². The summed E-state index contributed by atoms with van der Waals surface area (Å²) < 4.78 is 36.0. The minimum atomic E-state index is -3.22. The molecule has 0 aliphatic heterocycles. The van der Waals surface area contributed by atoms with Gasteiger partial charge in [-0.25, -0.2) is 23.1 Å². The lowest BCUT2D eigenvalue weighted by Crippen LogP contribution is -2.21. The Morgan fingerprint density at radius 3 is 2.23 bits per heavy atom. The molecular weight excluding hydrogens is 464 g/mol. The first-order chi connectivity index (χ1) is 16.8. The largest absolute Gasteiger partial charge is 0.493 e. The molecule has 8 nitrogen and oxygen atoms in total. The van der Waals surface area contributed by atoms with Gasteiger partial charge in [-0.2, -0.15) is 0 Å². The average Bonchev–Trinajstić information content (AvgIpc) is 2.85. The number of hydrogen-bond acceptors (Lipinski definition) is 7. The van der Waals surface area contributed by atoms with E-state index in [4.69, 9.17) is 9.47 Å². The van der Waals surface area contributed by atoms with E-state index in [1.54, 1.807) is 14.2 Å². The Labute approximate surface area is 205 Å². The lowest BCUT2D eigenvalue weighted by Gasteiger charge is -2.13. The van der Waals surface area contributed by atoms with Gasteiger partial charge in [-0.3, -0.25) is 0 Å². The summed E-state index contributed by atoms with van der Waals surface area (Å²) in [5, 5.41) is 4.29. The van der Waals surface area contributed by atoms with Crippen molar-refractivity contribution in [1.29, 1.82) is 0 Å². The lowest BCUT2D eigenvalue weighted by molar-refractivity contribution is 0.356. The number of aryl methyl sites for hydroxylation is 1. The highest BCUT2D eigenvalue weighted by Crippen LogP contribution is 2.34. The van der Waals surface area contributed by atoms with E-state index in [0.717, 1.165) is 45.2 Å². The minimum Gasteiger partial charge on any atom is -0.493 e. The molecule has 2 N–H and O–H groups in total. The molecule has 0 radical (unpaired) electrons. The number of methoxy groups -OCH3 is 2. The number of aromatic nitrogens is 2. The van der Waals surface area contributed by atoms with Gasteiger partial charge in [0.2, 0.25) is 10.0 Å². The number of fused-ring (bicyclic) bond motifs is 1. The van der Waals surface area contributed by atoms with Crippen molar-refractivity contribution in [3.05, 3.63) is 77.6 Å². The highest BCUT2D eigenvalue weighted by atomic mass is 32.2. The molecule has 1 heterocycles. The fourth-order valence-corrected chi connectivity index (χ4v) is 4.21. The van der Waals surface area contributed by atoms with Crippen LogP contribution in [0.15, 0.2) is 60.7 Å². The van der Waals surface area contributed by atoms with E-state index < -0.39 is 10.0 Å². The van der Waals surface area contributed by atoms with Crippen molar-refractivity contribution in [2.75, 3.05) is 25.8 Å². The third-order valence-corrected chi connectivity index (χ3v) is 6.19. The highest BCUT2D eigenvalue weighted by Gasteiger charge is 2.12. The number of nitrogens with one attached hydrogen (secondary N) is 2. The molecule has 0 unspecified atom stereocenters. The molecule has 0 fully saturated rings. The first-order valence-corrected chi connectivity index (χ1v) is 12.9. The van der Waals surface area contributed by atoms with Crippen LogP contribution in [0.1, 0.15) is 17.0 Å². The zero-order valence-electron chi connectivity index (χ0n) is 20.1. The van der Waals surface area contributed by atoms with Crippen LogP contribution in [0.4, 0.5) is 5.82 Å². The third-order valence-electron chi connectivity index (χ3n) is 5.53. The summed E-state index contributed by atoms with van der Waals surface area (Å²) in [5.74, 6) is 2.62. The van der Waals surface area contributed by atoms with E-state index in [9.17, 15) is 8.42 Å². The zero-order valence-corrected chi connectivity index (χ0v) is 20.9. The minimum absolute atomic E-state index is 0.270. The first kappa shape index (κ1) is 24.4. The van der Waals surface area contributed by atoms with E-state index in [0.29, 0.717) is 23.9 Å². The normalized spacial score (nSPS) is 11.4. The van der Waals surface area contributed by atoms with Crippen LogP contribution in [0, 0.1) is 6.92 Å². The van der Waals surface area contributed by atoms with Gasteiger partial charge in [-0.15, -0.1) is 0 Å². The smallest absolute Gasteiger partial charge is 0.209 e. The van der Waals surface area contributed by atoms with Crippen LogP contribution in [0.5, 0.6) is 11.5 Å². The molecule has 0 saturated heterocycles. The van der Waals surface area contributed by atoms with Crippen molar-refractivity contribution < 1.29 is 17.9 Å². The average molecular weight is 493 g/mol. The van der Waals surface area contributed by atoms with Crippen LogP contribution in [0.3, 0.4) is 0 Å². The van der Waals surface area contributed by atoms with Gasteiger partial charge in [-0.1, -0.05) is 42.5 Å². The molecule has 0 aliphatic carbocycles. The molecule has 3 aromatic carbocycles. The molecule has 182 valence electrons. The van der Waals surface area contributed by atoms with E-state index >= 15 is 0 Å². The Morgan fingerprint density at radius 1 is 0.829 bits per heavy atom. The first-order valence-electron chi connectivity index (χ1n) is 11.0. The predicted molar refractivity (Wildman–Crippen MR) is 138 cm³/mol. The van der Waals surface area contributed by atoms with E-state index in [1.165, 1.54) is 0 Å². The van der Waals surface area contributed by atoms with E-state index in [-0.39, 0.29) is 6.54 Å². The van der Waals surface area contributed by atoms with Gasteiger partial charge in [0.05, 0.1) is 26.0 Å². The Hall–Kier alpha value is -3.69. The predicted octanol–water partition coefficient (Wildman–Crippen LogP) is 4.28. The van der Waals surface area contributed by atoms with Crippen LogP contribution in [-0.2, 0) is 23.1 Å². The molecule has 4 rings (SSSR count). The Morgan fingerprint density at radius 2 is 1.54 bits per heavy atom. The van der Waals surface area contributed by atoms with Gasteiger partial charge in [-0.05, 0) is 41.3 Å². The lowest BCUT2D eigenvalue weighted by atomic mass is 10.0. The standard InChI is InChI=1S/C26H28N4O4S/c1-17-29-23-14-25(34-3)24(33-2)13-22(23)26(30-17)27-15-19-6-5-7-21(12-19)20-10-8-18(9-11-20)16-28-35(4,31)32/h5-14,28H,15-16H2,1-4H3,(H,27,29,30). The summed E-state index contributed by atoms with van der Waals surface area (Å²) >= 11 is 0. The highest BCUT2D eigenvalue weighted by molar-refractivity contribution is 7.88. The number of benzene rings is 3. The summed E-state index contributed by atoms with van der Waals surface area (Å²) in [6, 6.07) is 19.8. The van der Waals surface area contributed by atoms with Crippen LogP contribution < -0.4 is 19.5 Å². The molecule has 35 heavy (non-hydrogen) atoms. The van der Waals surface area contributed by atoms with Gasteiger partial charge in [0.25, 0.3) is 0 Å². The SMILES string of the molecule is COc1cc2nc(C)nc(NCc3cccc(-c4ccc(CNS(C)(=O)=O)cc4)c3)c2cc1OC. The summed E-state index contributed by atoms with van der Waals surface area (Å²) in [7, 11) is -0.0185. The fourth-order valence-electron chi connectivity index (χ4n) is 3.78. The van der Waals surface area contributed by atoms with Crippen molar-refractivity contribution in [1.82, 2.24) is 14.7 Å². The molecule has 0 bridgehead atoms. The molecule has 1 aromatic heterocycles. The number of anilines is 1. The van der Waals surface area contributed by atoms with Gasteiger partial charge >= 0.3 is 0 Å². The fraction of sp³-hybridized carbons (Fsp3) is 0.231. The maximum absolute atomic E-state index is 11.3. The monoisotopic (exact) mass is 492 g/mol. The number of rotatable bonds is 9. The Kier molecular flexibility index (Phi) is 7.18. The van der Waals surface area contributed by atoms with Gasteiger partial charge < -0.3 is 14.8 Å². The zero-order chi connectivity index (χ0) is 25.0.